The third kappa shape index (κ3) is 3.75. The van der Waals surface area contributed by atoms with Gasteiger partial charge in [-0.3, -0.25) is 4.90 Å². The van der Waals surface area contributed by atoms with Crippen molar-refractivity contribution in [2.45, 2.75) is 32.0 Å². The Morgan fingerprint density at radius 3 is 2.57 bits per heavy atom. The lowest BCUT2D eigenvalue weighted by molar-refractivity contribution is -0.147. The molecule has 3 nitrogen and oxygen atoms in total. The van der Waals surface area contributed by atoms with Crippen molar-refractivity contribution >= 4 is 11.0 Å². The smallest absolute Gasteiger partial charge is 0.341 e. The zero-order valence-corrected chi connectivity index (χ0v) is 11.7. The van der Waals surface area contributed by atoms with Gasteiger partial charge < -0.3 is 4.98 Å². The highest BCUT2D eigenvalue weighted by molar-refractivity contribution is 5.74. The monoisotopic (exact) mass is 297 g/mol. The number of para-hydroxylation sites is 2. The molecular weight excluding hydrogens is 279 g/mol. The van der Waals surface area contributed by atoms with E-state index in [1.54, 1.807) is 0 Å². The van der Waals surface area contributed by atoms with Gasteiger partial charge in [0.1, 0.15) is 5.82 Å². The number of piperidine rings is 1. The number of alkyl halides is 3. The third-order valence-electron chi connectivity index (χ3n) is 4.04. The normalized spacial score (nSPS) is 18.4. The second-order valence-electron chi connectivity index (χ2n) is 5.74. The number of rotatable bonds is 3. The van der Waals surface area contributed by atoms with Gasteiger partial charge in [0.25, 0.3) is 0 Å². The summed E-state index contributed by atoms with van der Waals surface area (Å²) in [4.78, 5) is 9.94. The molecule has 2 aromatic rings. The molecule has 1 aromatic carbocycles. The van der Waals surface area contributed by atoms with Crippen molar-refractivity contribution in [1.29, 1.82) is 0 Å². The van der Waals surface area contributed by atoms with Gasteiger partial charge in [0.05, 0.1) is 17.6 Å². The molecule has 0 spiro atoms. The fourth-order valence-corrected chi connectivity index (χ4v) is 2.97. The van der Waals surface area contributed by atoms with E-state index < -0.39 is 12.6 Å². The summed E-state index contributed by atoms with van der Waals surface area (Å²) in [5, 5.41) is 0. The quantitative estimate of drug-likeness (QED) is 0.936. The topological polar surface area (TPSA) is 31.9 Å². The summed E-state index contributed by atoms with van der Waals surface area (Å²) >= 11 is 0. The third-order valence-corrected chi connectivity index (χ3v) is 4.04. The molecule has 0 atom stereocenters. The van der Waals surface area contributed by atoms with Gasteiger partial charge in [0, 0.05) is 6.42 Å². The Morgan fingerprint density at radius 1 is 1.19 bits per heavy atom. The Kier molecular flexibility index (Phi) is 3.89. The number of hydrogen-bond donors (Lipinski definition) is 1. The minimum Gasteiger partial charge on any atom is -0.341 e. The van der Waals surface area contributed by atoms with Gasteiger partial charge in [-0.1, -0.05) is 12.1 Å². The molecule has 0 aliphatic carbocycles. The van der Waals surface area contributed by atoms with Crippen molar-refractivity contribution in [2.24, 2.45) is 5.92 Å². The molecule has 21 heavy (non-hydrogen) atoms. The van der Waals surface area contributed by atoms with E-state index in [1.807, 2.05) is 24.3 Å². The van der Waals surface area contributed by atoms with Crippen LogP contribution in [0.3, 0.4) is 0 Å². The fourth-order valence-electron chi connectivity index (χ4n) is 2.97. The molecule has 0 saturated carbocycles. The molecule has 114 valence electrons. The number of imidazole rings is 1. The maximum absolute atomic E-state index is 12.4. The first-order valence-corrected chi connectivity index (χ1v) is 7.22. The lowest BCUT2D eigenvalue weighted by Crippen LogP contribution is -2.35. The molecule has 0 unspecified atom stereocenters. The highest BCUT2D eigenvalue weighted by Gasteiger charge is 2.33. The largest absolute Gasteiger partial charge is 0.389 e. The van der Waals surface area contributed by atoms with Crippen molar-refractivity contribution in [1.82, 2.24) is 14.9 Å². The number of H-pyrrole nitrogens is 1. The first-order valence-electron chi connectivity index (χ1n) is 7.22. The Bertz CT molecular complexity index is 564. The van der Waals surface area contributed by atoms with Crippen LogP contribution in [0.25, 0.3) is 11.0 Å². The minimum atomic E-state index is -4.04. The molecule has 1 aliphatic heterocycles. The Balaban J connectivity index is 1.55. The molecule has 2 heterocycles. The van der Waals surface area contributed by atoms with Gasteiger partial charge >= 0.3 is 6.18 Å². The number of benzene rings is 1. The zero-order valence-electron chi connectivity index (χ0n) is 11.7. The van der Waals surface area contributed by atoms with E-state index in [-0.39, 0.29) is 5.92 Å². The predicted molar refractivity (Wildman–Crippen MR) is 74.8 cm³/mol. The second kappa shape index (κ2) is 5.67. The highest BCUT2D eigenvalue weighted by atomic mass is 19.4. The molecule has 1 fully saturated rings. The Labute approximate surface area is 121 Å². The summed E-state index contributed by atoms with van der Waals surface area (Å²) < 4.78 is 37.1. The van der Waals surface area contributed by atoms with Crippen LogP contribution in [0.5, 0.6) is 0 Å². The van der Waals surface area contributed by atoms with E-state index in [2.05, 4.69) is 14.9 Å². The van der Waals surface area contributed by atoms with Crippen LogP contribution in [-0.4, -0.2) is 34.1 Å². The summed E-state index contributed by atoms with van der Waals surface area (Å²) in [5.74, 6) is 0.655. The molecule has 1 aromatic heterocycles. The van der Waals surface area contributed by atoms with Crippen LogP contribution in [0.15, 0.2) is 24.3 Å². The van der Waals surface area contributed by atoms with E-state index in [9.17, 15) is 13.2 Å². The number of nitrogens with one attached hydrogen (secondary N) is 1. The summed E-state index contributed by atoms with van der Waals surface area (Å²) in [6.45, 7) is 2.09. The van der Waals surface area contributed by atoms with Crippen LogP contribution in [0.4, 0.5) is 13.2 Å². The molecule has 3 rings (SSSR count). The Hall–Kier alpha value is -1.56. The summed E-state index contributed by atoms with van der Waals surface area (Å²) in [5.41, 5.74) is 1.93. The van der Waals surface area contributed by atoms with Crippen LogP contribution in [0.1, 0.15) is 25.1 Å². The summed E-state index contributed by atoms with van der Waals surface area (Å²) in [7, 11) is 0. The second-order valence-corrected chi connectivity index (χ2v) is 5.74. The number of fused-ring (bicyclic) bond motifs is 1. The molecule has 1 aliphatic rings. The average Bonchev–Trinajstić information content (AvgIpc) is 2.81. The van der Waals surface area contributed by atoms with E-state index in [1.165, 1.54) is 0 Å². The average molecular weight is 297 g/mol. The number of aromatic nitrogens is 2. The number of hydrogen-bond acceptors (Lipinski definition) is 2. The van der Waals surface area contributed by atoms with E-state index in [4.69, 9.17) is 0 Å². The van der Waals surface area contributed by atoms with E-state index >= 15 is 0 Å². The molecule has 0 radical (unpaired) electrons. The molecule has 0 bridgehead atoms. The molecule has 1 N–H and O–H groups in total. The summed E-state index contributed by atoms with van der Waals surface area (Å²) in [6.07, 6.45) is -3.46. The number of nitrogens with zero attached hydrogens (tertiary/aromatic N) is 2. The SMILES string of the molecule is FC(F)(F)CC1CCN(Cc2nc3ccccc3[nH]2)CC1. The van der Waals surface area contributed by atoms with Crippen LogP contribution >= 0.6 is 0 Å². The molecule has 0 amide bonds. The number of halogens is 3. The zero-order chi connectivity index (χ0) is 14.9. The van der Waals surface area contributed by atoms with Gasteiger partial charge in [0.15, 0.2) is 0 Å². The van der Waals surface area contributed by atoms with Crippen molar-refractivity contribution < 1.29 is 13.2 Å². The maximum Gasteiger partial charge on any atom is 0.389 e. The summed E-state index contributed by atoms with van der Waals surface area (Å²) in [6, 6.07) is 7.81. The van der Waals surface area contributed by atoms with Crippen LogP contribution < -0.4 is 0 Å². The van der Waals surface area contributed by atoms with Gasteiger partial charge in [-0.05, 0) is 44.0 Å². The van der Waals surface area contributed by atoms with Gasteiger partial charge in [-0.15, -0.1) is 0 Å². The maximum atomic E-state index is 12.4. The van der Waals surface area contributed by atoms with Gasteiger partial charge in [-0.2, -0.15) is 13.2 Å². The Morgan fingerprint density at radius 2 is 1.90 bits per heavy atom. The van der Waals surface area contributed by atoms with Crippen LogP contribution in [0.2, 0.25) is 0 Å². The fraction of sp³-hybridized carbons (Fsp3) is 0.533. The van der Waals surface area contributed by atoms with E-state index in [0.29, 0.717) is 32.5 Å². The first kappa shape index (κ1) is 14.4. The lowest BCUT2D eigenvalue weighted by atomic mass is 9.93. The van der Waals surface area contributed by atoms with Crippen molar-refractivity contribution in [3.05, 3.63) is 30.1 Å². The highest BCUT2D eigenvalue weighted by Crippen LogP contribution is 2.31. The molecular formula is C15H18F3N3. The van der Waals surface area contributed by atoms with Gasteiger partial charge in [-0.25, -0.2) is 4.98 Å². The first-order chi connectivity index (χ1) is 9.99. The number of aromatic amines is 1. The standard InChI is InChI=1S/C15H18F3N3/c16-15(17,18)9-11-5-7-21(8-6-11)10-14-19-12-3-1-2-4-13(12)20-14/h1-4,11H,5-10H2,(H,19,20). The van der Waals surface area contributed by atoms with Crippen molar-refractivity contribution in [2.75, 3.05) is 13.1 Å². The number of likely N-dealkylation sites (tertiary alicyclic amines) is 1. The van der Waals surface area contributed by atoms with Gasteiger partial charge in [0.2, 0.25) is 0 Å². The van der Waals surface area contributed by atoms with Crippen LogP contribution in [-0.2, 0) is 6.54 Å². The van der Waals surface area contributed by atoms with Crippen molar-refractivity contribution in [3.8, 4) is 0 Å². The minimum absolute atomic E-state index is 0.225. The molecule has 1 saturated heterocycles. The lowest BCUT2D eigenvalue weighted by Gasteiger charge is -2.31. The van der Waals surface area contributed by atoms with Crippen molar-refractivity contribution in [3.63, 3.8) is 0 Å². The van der Waals surface area contributed by atoms with E-state index in [0.717, 1.165) is 16.9 Å². The molecule has 6 heteroatoms. The van der Waals surface area contributed by atoms with Crippen LogP contribution in [0, 0.1) is 5.92 Å². The predicted octanol–water partition coefficient (Wildman–Crippen LogP) is 3.73.